The average Bonchev–Trinajstić information content (AvgIpc) is 2.61. The summed E-state index contributed by atoms with van der Waals surface area (Å²) in [5.41, 5.74) is 1.92. The molecule has 2 aliphatic rings. The molecule has 0 radical (unpaired) electrons. The number of fused-ring (bicyclic) bond motifs is 2. The summed E-state index contributed by atoms with van der Waals surface area (Å²) in [5.74, 6) is 0.972. The van der Waals surface area contributed by atoms with Crippen molar-refractivity contribution in [2.24, 2.45) is 23.2 Å². The highest BCUT2D eigenvalue weighted by atomic mass is 16.5. The molecule has 25 heavy (non-hydrogen) atoms. The van der Waals surface area contributed by atoms with Crippen LogP contribution < -0.4 is 0 Å². The Hall–Kier alpha value is -1.61. The Morgan fingerprint density at radius 3 is 2.68 bits per heavy atom. The zero-order valence-electron chi connectivity index (χ0n) is 15.8. The summed E-state index contributed by atoms with van der Waals surface area (Å²) in [6, 6.07) is 9.23. The minimum Gasteiger partial charge on any atom is -0.461 e. The lowest BCUT2D eigenvalue weighted by Gasteiger charge is -2.55. The predicted octanol–water partition coefficient (Wildman–Crippen LogP) is 4.88. The molecule has 2 bridgehead atoms. The van der Waals surface area contributed by atoms with Gasteiger partial charge in [-0.1, -0.05) is 57.0 Å². The van der Waals surface area contributed by atoms with Crippen LogP contribution in [0, 0.1) is 23.2 Å². The van der Waals surface area contributed by atoms with Crippen molar-refractivity contribution >= 4 is 5.97 Å². The predicted molar refractivity (Wildman–Crippen MR) is 99.4 cm³/mol. The molecule has 1 aromatic rings. The Kier molecular flexibility index (Phi) is 5.33. The van der Waals surface area contributed by atoms with Gasteiger partial charge in [0, 0.05) is 11.3 Å². The third-order valence-corrected chi connectivity index (χ3v) is 6.41. The lowest BCUT2D eigenvalue weighted by Crippen LogP contribution is -2.56. The third kappa shape index (κ3) is 3.27. The Bertz CT molecular complexity index is 636. The number of hydrogen-bond donors (Lipinski definition) is 0. The van der Waals surface area contributed by atoms with Crippen LogP contribution >= 0.6 is 0 Å². The van der Waals surface area contributed by atoms with Crippen LogP contribution in [0.25, 0.3) is 0 Å². The maximum atomic E-state index is 12.4. The summed E-state index contributed by atoms with van der Waals surface area (Å²) < 4.78 is 12.1. The van der Waals surface area contributed by atoms with E-state index >= 15 is 0 Å². The van der Waals surface area contributed by atoms with Gasteiger partial charge in [-0.2, -0.15) is 0 Å². The molecule has 1 saturated heterocycles. The summed E-state index contributed by atoms with van der Waals surface area (Å²) in [6.45, 7) is 10.1. The van der Waals surface area contributed by atoms with E-state index < -0.39 is 0 Å². The van der Waals surface area contributed by atoms with Gasteiger partial charge in [-0.25, -0.2) is 4.79 Å². The molecule has 136 valence electrons. The van der Waals surface area contributed by atoms with Crippen molar-refractivity contribution in [1.82, 2.24) is 0 Å². The molecule has 3 nitrogen and oxygen atoms in total. The Morgan fingerprint density at radius 1 is 1.28 bits per heavy atom. The molecule has 3 heteroatoms. The minimum absolute atomic E-state index is 0.126. The van der Waals surface area contributed by atoms with E-state index in [1.165, 1.54) is 5.57 Å². The fraction of sp³-hybridized carbons (Fsp3) is 0.591. The fourth-order valence-electron chi connectivity index (χ4n) is 4.79. The van der Waals surface area contributed by atoms with E-state index in [0.29, 0.717) is 42.6 Å². The summed E-state index contributed by atoms with van der Waals surface area (Å²) in [5, 5.41) is 0. The third-order valence-electron chi connectivity index (χ3n) is 6.41. The highest BCUT2D eigenvalue weighted by molar-refractivity contribution is 5.89. The number of ether oxygens (including phenoxy) is 2. The van der Waals surface area contributed by atoms with E-state index in [1.54, 1.807) is 12.1 Å². The van der Waals surface area contributed by atoms with Crippen molar-refractivity contribution in [2.75, 3.05) is 13.2 Å². The van der Waals surface area contributed by atoms with Gasteiger partial charge >= 0.3 is 5.97 Å². The molecule has 1 aliphatic heterocycles. The van der Waals surface area contributed by atoms with Crippen LogP contribution in [0.15, 0.2) is 42.0 Å². The Balaban J connectivity index is 1.79. The average molecular weight is 342 g/mol. The number of carbonyl (C=O) groups is 1. The van der Waals surface area contributed by atoms with E-state index in [9.17, 15) is 4.79 Å². The van der Waals surface area contributed by atoms with Gasteiger partial charge in [-0.05, 0) is 37.3 Å². The highest BCUT2D eigenvalue weighted by Crippen LogP contribution is 2.53. The van der Waals surface area contributed by atoms with E-state index in [0.717, 1.165) is 12.8 Å². The van der Waals surface area contributed by atoms with Gasteiger partial charge in [0.05, 0.1) is 18.3 Å². The second kappa shape index (κ2) is 7.33. The molecule has 1 heterocycles. The molecule has 1 aromatic carbocycles. The van der Waals surface area contributed by atoms with Crippen molar-refractivity contribution < 1.29 is 14.3 Å². The van der Waals surface area contributed by atoms with Crippen LogP contribution in [0.1, 0.15) is 50.9 Å². The van der Waals surface area contributed by atoms with Crippen molar-refractivity contribution in [3.05, 3.63) is 47.5 Å². The minimum atomic E-state index is -0.243. The summed E-state index contributed by atoms with van der Waals surface area (Å²) in [4.78, 5) is 12.4. The van der Waals surface area contributed by atoms with Gasteiger partial charge in [0.25, 0.3) is 0 Å². The van der Waals surface area contributed by atoms with Crippen LogP contribution in [0.2, 0.25) is 0 Å². The van der Waals surface area contributed by atoms with Gasteiger partial charge in [0.15, 0.2) is 0 Å². The van der Waals surface area contributed by atoms with Gasteiger partial charge in [0.2, 0.25) is 0 Å². The molecular weight excluding hydrogens is 312 g/mol. The van der Waals surface area contributed by atoms with Gasteiger partial charge < -0.3 is 9.47 Å². The summed E-state index contributed by atoms with van der Waals surface area (Å²) in [6.07, 6.45) is 4.90. The Labute approximate surface area is 151 Å². The monoisotopic (exact) mass is 342 g/mol. The SMILES string of the molecule is CCC[C@H]1OC[C@@]2(COC(=O)c3ccccc3)[C@H](C)C=C(C)[C@@H]1[C@@H]2C. The molecular formula is C22H30O3. The second-order valence-corrected chi connectivity index (χ2v) is 7.83. The van der Waals surface area contributed by atoms with Gasteiger partial charge in [-0.3, -0.25) is 0 Å². The van der Waals surface area contributed by atoms with Crippen LogP contribution in [-0.2, 0) is 9.47 Å². The van der Waals surface area contributed by atoms with E-state index in [1.807, 2.05) is 18.2 Å². The van der Waals surface area contributed by atoms with Crippen LogP contribution in [0.4, 0.5) is 0 Å². The van der Waals surface area contributed by atoms with E-state index in [-0.39, 0.29) is 11.4 Å². The fourth-order valence-corrected chi connectivity index (χ4v) is 4.79. The topological polar surface area (TPSA) is 35.5 Å². The van der Waals surface area contributed by atoms with Crippen molar-refractivity contribution in [2.45, 2.75) is 46.6 Å². The van der Waals surface area contributed by atoms with Crippen molar-refractivity contribution in [3.63, 3.8) is 0 Å². The summed E-state index contributed by atoms with van der Waals surface area (Å²) >= 11 is 0. The van der Waals surface area contributed by atoms with Crippen molar-refractivity contribution in [3.8, 4) is 0 Å². The zero-order chi connectivity index (χ0) is 18.0. The maximum Gasteiger partial charge on any atom is 0.338 e. The molecule has 0 unspecified atom stereocenters. The van der Waals surface area contributed by atoms with Crippen LogP contribution in [-0.4, -0.2) is 25.3 Å². The first kappa shape index (κ1) is 18.2. The van der Waals surface area contributed by atoms with Crippen molar-refractivity contribution in [1.29, 1.82) is 0 Å². The lowest BCUT2D eigenvalue weighted by atomic mass is 9.56. The molecule has 1 fully saturated rings. The van der Waals surface area contributed by atoms with E-state index in [2.05, 4.69) is 33.8 Å². The number of rotatable bonds is 5. The van der Waals surface area contributed by atoms with Gasteiger partial charge in [0.1, 0.15) is 6.61 Å². The normalized spacial score (nSPS) is 34.3. The first-order valence-corrected chi connectivity index (χ1v) is 9.51. The number of hydrogen-bond acceptors (Lipinski definition) is 3. The van der Waals surface area contributed by atoms with Crippen LogP contribution in [0.5, 0.6) is 0 Å². The molecule has 3 rings (SSSR count). The second-order valence-electron chi connectivity index (χ2n) is 7.83. The largest absolute Gasteiger partial charge is 0.461 e. The smallest absolute Gasteiger partial charge is 0.338 e. The quantitative estimate of drug-likeness (QED) is 0.565. The molecule has 0 saturated carbocycles. The molecule has 0 spiro atoms. The number of carbonyl (C=O) groups excluding carboxylic acids is 1. The summed E-state index contributed by atoms with van der Waals surface area (Å²) in [7, 11) is 0. The highest BCUT2D eigenvalue weighted by Gasteiger charge is 2.53. The number of esters is 1. The zero-order valence-corrected chi connectivity index (χ0v) is 15.8. The first-order valence-electron chi connectivity index (χ1n) is 9.51. The lowest BCUT2D eigenvalue weighted by molar-refractivity contribution is -0.165. The molecule has 0 N–H and O–H groups in total. The van der Waals surface area contributed by atoms with Crippen LogP contribution in [0.3, 0.4) is 0 Å². The van der Waals surface area contributed by atoms with Gasteiger partial charge in [-0.15, -0.1) is 0 Å². The number of benzene rings is 1. The van der Waals surface area contributed by atoms with E-state index in [4.69, 9.17) is 9.47 Å². The molecule has 1 aliphatic carbocycles. The number of allylic oxidation sites excluding steroid dienone is 1. The first-order chi connectivity index (χ1) is 12.0. The molecule has 0 aromatic heterocycles. The molecule has 0 amide bonds. The Morgan fingerprint density at radius 2 is 2.00 bits per heavy atom. The standard InChI is InChI=1S/C22H30O3/c1-5-9-19-20-15(2)12-16(3)22(13-24-19,17(20)4)14-25-21(23)18-10-7-6-8-11-18/h6-8,10-12,16-17,19-20H,5,9,13-14H2,1-4H3/t16-,17+,19-,20-,22-/m1/s1. The molecule has 5 atom stereocenters. The maximum absolute atomic E-state index is 12.4.